The molecule has 1 rings (SSSR count). The van der Waals surface area contributed by atoms with Crippen molar-refractivity contribution < 1.29 is 51.4 Å². The van der Waals surface area contributed by atoms with Crippen LogP contribution < -0.4 is 51.4 Å². The van der Waals surface area contributed by atoms with Crippen LogP contribution in [0, 0.1) is 5.41 Å². The minimum absolute atomic E-state index is 0. The quantitative estimate of drug-likeness (QED) is 0.460. The van der Waals surface area contributed by atoms with Crippen molar-refractivity contribution in [1.29, 1.82) is 5.41 Å². The molecular formula is C6H7ClKN3. The van der Waals surface area contributed by atoms with Crippen LogP contribution >= 0.6 is 11.6 Å². The average molecular weight is 196 g/mol. The SMILES string of the molecule is C[N-]c1[nH]ccc1C(=N)Cl.[K+]. The summed E-state index contributed by atoms with van der Waals surface area (Å²) in [6.45, 7) is 0. The molecule has 1 aromatic heterocycles. The topological polar surface area (TPSA) is 53.7 Å². The van der Waals surface area contributed by atoms with Crippen LogP contribution in [-0.2, 0) is 0 Å². The molecule has 1 aromatic rings. The van der Waals surface area contributed by atoms with Crippen molar-refractivity contribution in [1.82, 2.24) is 4.98 Å². The normalized spacial score (nSPS) is 8.55. The third-order valence-corrected chi connectivity index (χ3v) is 1.39. The van der Waals surface area contributed by atoms with E-state index in [4.69, 9.17) is 17.0 Å². The molecule has 0 atom stereocenters. The number of rotatable bonds is 2. The number of nitrogens with one attached hydrogen (secondary N) is 2. The Morgan fingerprint density at radius 3 is 2.73 bits per heavy atom. The Balaban J connectivity index is 0.000001000. The van der Waals surface area contributed by atoms with Crippen LogP contribution in [0.25, 0.3) is 5.32 Å². The zero-order valence-corrected chi connectivity index (χ0v) is 10.4. The first-order valence-corrected chi connectivity index (χ1v) is 3.15. The smallest absolute Gasteiger partial charge is 0.468 e. The summed E-state index contributed by atoms with van der Waals surface area (Å²) in [5.74, 6) is 0.653. The van der Waals surface area contributed by atoms with Crippen LogP contribution in [0.5, 0.6) is 0 Å². The maximum Gasteiger partial charge on any atom is 1.00 e. The molecule has 1 heterocycles. The molecule has 0 saturated heterocycles. The van der Waals surface area contributed by atoms with Gasteiger partial charge in [-0.3, -0.25) is 5.41 Å². The third kappa shape index (κ3) is 2.89. The van der Waals surface area contributed by atoms with Crippen molar-refractivity contribution in [2.45, 2.75) is 0 Å². The van der Waals surface area contributed by atoms with Crippen molar-refractivity contribution in [3.8, 4) is 0 Å². The summed E-state index contributed by atoms with van der Waals surface area (Å²) < 4.78 is 0. The summed E-state index contributed by atoms with van der Waals surface area (Å²) in [4.78, 5) is 2.84. The summed E-state index contributed by atoms with van der Waals surface area (Å²) >= 11 is 5.43. The molecule has 0 amide bonds. The van der Waals surface area contributed by atoms with E-state index in [1.165, 1.54) is 0 Å². The zero-order valence-electron chi connectivity index (χ0n) is 6.48. The van der Waals surface area contributed by atoms with E-state index in [9.17, 15) is 0 Å². The van der Waals surface area contributed by atoms with Crippen molar-refractivity contribution in [2.24, 2.45) is 0 Å². The molecule has 5 heteroatoms. The number of aromatic nitrogens is 1. The predicted molar refractivity (Wildman–Crippen MR) is 42.4 cm³/mol. The van der Waals surface area contributed by atoms with E-state index < -0.39 is 0 Å². The maximum absolute atomic E-state index is 7.08. The Kier molecular flexibility index (Phi) is 5.67. The molecule has 2 N–H and O–H groups in total. The molecule has 0 spiro atoms. The van der Waals surface area contributed by atoms with E-state index in [0.717, 1.165) is 0 Å². The van der Waals surface area contributed by atoms with Crippen molar-refractivity contribution >= 4 is 22.6 Å². The summed E-state index contributed by atoms with van der Waals surface area (Å²) in [5.41, 5.74) is 0.643. The Morgan fingerprint density at radius 2 is 2.36 bits per heavy atom. The zero-order chi connectivity index (χ0) is 7.56. The Hall–Kier alpha value is 0.676. The number of halogens is 1. The van der Waals surface area contributed by atoms with Crippen LogP contribution in [0.2, 0.25) is 0 Å². The second kappa shape index (κ2) is 5.34. The molecule has 0 aliphatic carbocycles. The molecule has 0 fully saturated rings. The molecule has 0 saturated carbocycles. The molecule has 0 radical (unpaired) electrons. The van der Waals surface area contributed by atoms with Crippen LogP contribution in [0.3, 0.4) is 0 Å². The van der Waals surface area contributed by atoms with Gasteiger partial charge in [0.15, 0.2) is 0 Å². The van der Waals surface area contributed by atoms with Crippen LogP contribution in [-0.4, -0.2) is 17.2 Å². The second-order valence-corrected chi connectivity index (χ2v) is 2.16. The largest absolute Gasteiger partial charge is 1.00 e. The monoisotopic (exact) mass is 195 g/mol. The van der Waals surface area contributed by atoms with Gasteiger partial charge in [0.2, 0.25) is 0 Å². The van der Waals surface area contributed by atoms with Crippen LogP contribution in [0.15, 0.2) is 12.3 Å². The van der Waals surface area contributed by atoms with E-state index >= 15 is 0 Å². The standard InChI is InChI=1S/C6H7ClN3.K/c1-9-6-4(5(7)8)2-3-10-6;/h2-3,8,10H,1H3;/q-1;+1. The van der Waals surface area contributed by atoms with Gasteiger partial charge in [-0.25, -0.2) is 0 Å². The fraction of sp³-hybridized carbons (Fsp3) is 0.167. The molecule has 0 unspecified atom stereocenters. The molecule has 0 aliphatic heterocycles. The van der Waals surface area contributed by atoms with Crippen molar-refractivity contribution in [3.05, 3.63) is 23.1 Å². The van der Waals surface area contributed by atoms with Gasteiger partial charge in [-0.15, -0.1) is 0 Å². The summed E-state index contributed by atoms with van der Waals surface area (Å²) in [6, 6.07) is 1.72. The summed E-state index contributed by atoms with van der Waals surface area (Å²) in [7, 11) is 1.65. The number of aromatic amines is 1. The van der Waals surface area contributed by atoms with Gasteiger partial charge in [-0.1, -0.05) is 36.7 Å². The first-order chi connectivity index (χ1) is 4.75. The Morgan fingerprint density at radius 1 is 1.73 bits per heavy atom. The fourth-order valence-corrected chi connectivity index (χ4v) is 0.875. The number of hydrogen-bond donors (Lipinski definition) is 2. The van der Waals surface area contributed by atoms with E-state index in [0.29, 0.717) is 11.4 Å². The van der Waals surface area contributed by atoms with Crippen LogP contribution in [0.1, 0.15) is 5.56 Å². The van der Waals surface area contributed by atoms with E-state index in [-0.39, 0.29) is 56.6 Å². The molecule has 0 aromatic carbocycles. The molecule has 3 nitrogen and oxygen atoms in total. The maximum atomic E-state index is 7.08. The number of nitrogens with zero attached hydrogens (tertiary/aromatic N) is 1. The summed E-state index contributed by atoms with van der Waals surface area (Å²) in [6.07, 6.45) is 1.70. The molecular weight excluding hydrogens is 189 g/mol. The molecule has 0 bridgehead atoms. The Bertz CT molecular complexity index is 246. The fourth-order valence-electron chi connectivity index (χ4n) is 0.723. The average Bonchev–Trinajstić information content (AvgIpc) is 2.33. The minimum atomic E-state index is 0. The number of H-pyrrole nitrogens is 1. The minimum Gasteiger partial charge on any atom is -0.468 e. The molecule has 0 aliphatic rings. The van der Waals surface area contributed by atoms with Gasteiger partial charge < -0.3 is 10.3 Å². The van der Waals surface area contributed by atoms with Gasteiger partial charge in [0.1, 0.15) is 5.17 Å². The predicted octanol–water partition coefficient (Wildman–Crippen LogP) is -0.782. The summed E-state index contributed by atoms with van der Waals surface area (Å²) in [5, 5.41) is 11.0. The first-order valence-electron chi connectivity index (χ1n) is 2.77. The van der Waals surface area contributed by atoms with Gasteiger partial charge in [-0.05, 0) is 0 Å². The van der Waals surface area contributed by atoms with Gasteiger partial charge >= 0.3 is 51.4 Å². The van der Waals surface area contributed by atoms with Crippen LogP contribution in [0.4, 0.5) is 5.82 Å². The van der Waals surface area contributed by atoms with Gasteiger partial charge in [0.05, 0.1) is 0 Å². The van der Waals surface area contributed by atoms with Gasteiger partial charge in [0, 0.05) is 5.56 Å². The number of hydrogen-bond acceptors (Lipinski definition) is 1. The van der Waals surface area contributed by atoms with Crippen molar-refractivity contribution in [3.63, 3.8) is 0 Å². The van der Waals surface area contributed by atoms with Crippen molar-refractivity contribution in [2.75, 3.05) is 7.05 Å². The van der Waals surface area contributed by atoms with E-state index in [1.54, 1.807) is 19.3 Å². The van der Waals surface area contributed by atoms with E-state index in [1.807, 2.05) is 0 Å². The molecule has 54 valence electrons. The van der Waals surface area contributed by atoms with Gasteiger partial charge in [0.25, 0.3) is 0 Å². The van der Waals surface area contributed by atoms with E-state index in [2.05, 4.69) is 10.3 Å². The van der Waals surface area contributed by atoms with Gasteiger partial charge in [-0.2, -0.15) is 0 Å². The Labute approximate surface area is 113 Å². The second-order valence-electron chi connectivity index (χ2n) is 1.78. The first kappa shape index (κ1) is 11.7. The third-order valence-electron chi connectivity index (χ3n) is 1.19. The molecule has 11 heavy (non-hydrogen) atoms.